The third-order valence-electron chi connectivity index (χ3n) is 3.56. The van der Waals surface area contributed by atoms with Gasteiger partial charge in [-0.15, -0.1) is 0 Å². The van der Waals surface area contributed by atoms with Crippen LogP contribution >= 0.6 is 11.6 Å². The van der Waals surface area contributed by atoms with Gasteiger partial charge in [-0.1, -0.05) is 24.2 Å². The topological polar surface area (TPSA) is 82.1 Å². The van der Waals surface area contributed by atoms with Crippen molar-refractivity contribution in [3.63, 3.8) is 0 Å². The Morgan fingerprint density at radius 2 is 2.08 bits per heavy atom. The first-order chi connectivity index (χ1) is 12.3. The summed E-state index contributed by atoms with van der Waals surface area (Å²) in [5, 5.41) is 0.204. The maximum Gasteiger partial charge on any atom is 0.331 e. The van der Waals surface area contributed by atoms with E-state index in [1.54, 1.807) is 12.1 Å². The number of carbonyl (C=O) groups excluding carboxylic acids is 1. The Bertz CT molecular complexity index is 799. The number of esters is 1. The van der Waals surface area contributed by atoms with Gasteiger partial charge in [0.25, 0.3) is 0 Å². The Hall–Kier alpha value is -1.87. The molecule has 0 N–H and O–H groups in total. The van der Waals surface area contributed by atoms with E-state index in [1.807, 2.05) is 0 Å². The molecule has 1 heterocycles. The van der Waals surface area contributed by atoms with Crippen LogP contribution in [0, 0.1) is 0 Å². The summed E-state index contributed by atoms with van der Waals surface area (Å²) in [7, 11) is -2.34. The van der Waals surface area contributed by atoms with Gasteiger partial charge >= 0.3 is 5.97 Å². The summed E-state index contributed by atoms with van der Waals surface area (Å²) in [5.74, 6) is -0.380. The molecular formula is C17H20ClNO6S. The van der Waals surface area contributed by atoms with Crippen molar-refractivity contribution in [2.45, 2.75) is 4.90 Å². The Morgan fingerprint density at radius 1 is 1.38 bits per heavy atom. The lowest BCUT2D eigenvalue weighted by Gasteiger charge is -2.26. The molecule has 1 aromatic carbocycles. The van der Waals surface area contributed by atoms with E-state index < -0.39 is 16.0 Å². The first-order valence-electron chi connectivity index (χ1n) is 7.78. The first-order valence-corrected chi connectivity index (χ1v) is 9.60. The number of hydrogen-bond acceptors (Lipinski definition) is 6. The van der Waals surface area contributed by atoms with Crippen molar-refractivity contribution in [3.8, 4) is 5.75 Å². The van der Waals surface area contributed by atoms with Crippen LogP contribution in [0.15, 0.2) is 40.8 Å². The quantitative estimate of drug-likeness (QED) is 0.513. The predicted molar refractivity (Wildman–Crippen MR) is 97.6 cm³/mol. The van der Waals surface area contributed by atoms with E-state index in [0.29, 0.717) is 18.8 Å². The second-order valence-corrected chi connectivity index (χ2v) is 7.83. The Kier molecular flexibility index (Phi) is 7.22. The zero-order chi connectivity index (χ0) is 19.2. The SMILES string of the molecule is C=C(Cl)COC(=O)/C=C/c1ccc(OC)c(S(=O)(=O)N2CCOCC2)c1. The minimum absolute atomic E-state index is 0.0338. The van der Waals surface area contributed by atoms with Crippen LogP contribution in [0.2, 0.25) is 0 Å². The molecule has 0 unspecified atom stereocenters. The summed E-state index contributed by atoms with van der Waals surface area (Å²) in [6.07, 6.45) is 2.64. The number of sulfonamides is 1. The van der Waals surface area contributed by atoms with Gasteiger partial charge in [-0.05, 0) is 23.8 Å². The highest BCUT2D eigenvalue weighted by atomic mass is 35.5. The molecule has 142 valence electrons. The number of benzene rings is 1. The number of rotatable bonds is 7. The summed E-state index contributed by atoms with van der Waals surface area (Å²) in [6.45, 7) is 4.57. The van der Waals surface area contributed by atoms with Gasteiger partial charge in [-0.2, -0.15) is 4.31 Å². The highest BCUT2D eigenvalue weighted by Gasteiger charge is 2.29. The molecule has 0 saturated carbocycles. The number of ether oxygens (including phenoxy) is 3. The molecule has 1 aromatic rings. The lowest BCUT2D eigenvalue weighted by Crippen LogP contribution is -2.40. The van der Waals surface area contributed by atoms with Gasteiger partial charge < -0.3 is 14.2 Å². The minimum atomic E-state index is -3.74. The number of methoxy groups -OCH3 is 1. The van der Waals surface area contributed by atoms with Crippen LogP contribution in [0.5, 0.6) is 5.75 Å². The van der Waals surface area contributed by atoms with E-state index in [0.717, 1.165) is 0 Å². The molecule has 0 radical (unpaired) electrons. The van der Waals surface area contributed by atoms with Crippen LogP contribution in [0.3, 0.4) is 0 Å². The monoisotopic (exact) mass is 401 g/mol. The number of carbonyl (C=O) groups is 1. The number of nitrogens with zero attached hydrogens (tertiary/aromatic N) is 1. The van der Waals surface area contributed by atoms with Crippen molar-refractivity contribution in [3.05, 3.63) is 41.4 Å². The molecule has 0 spiro atoms. The van der Waals surface area contributed by atoms with Gasteiger partial charge in [0.2, 0.25) is 10.0 Å². The maximum absolute atomic E-state index is 12.9. The molecule has 7 nitrogen and oxygen atoms in total. The van der Waals surface area contributed by atoms with Crippen LogP contribution in [0.25, 0.3) is 6.08 Å². The van der Waals surface area contributed by atoms with Crippen molar-refractivity contribution >= 4 is 33.7 Å². The lowest BCUT2D eigenvalue weighted by molar-refractivity contribution is -0.136. The first kappa shape index (κ1) is 20.4. The third-order valence-corrected chi connectivity index (χ3v) is 5.59. The summed E-state index contributed by atoms with van der Waals surface area (Å²) >= 11 is 5.53. The number of halogens is 1. The largest absolute Gasteiger partial charge is 0.495 e. The van der Waals surface area contributed by atoms with Gasteiger partial charge in [0.1, 0.15) is 17.3 Å². The Morgan fingerprint density at radius 3 is 2.69 bits per heavy atom. The third kappa shape index (κ3) is 5.31. The zero-order valence-corrected chi connectivity index (χ0v) is 15.9. The Balaban J connectivity index is 2.25. The normalized spacial score (nSPS) is 15.8. The standard InChI is InChI=1S/C17H20ClNO6S/c1-13(18)12-25-17(20)6-4-14-3-5-15(23-2)16(11-14)26(21,22)19-7-9-24-10-8-19/h3-6,11H,1,7-10,12H2,2H3/b6-4+. The van der Waals surface area contributed by atoms with Crippen LogP contribution in [-0.4, -0.2) is 58.7 Å². The average Bonchev–Trinajstić information content (AvgIpc) is 2.65. The maximum atomic E-state index is 12.9. The fourth-order valence-corrected chi connectivity index (χ4v) is 3.94. The van der Waals surface area contributed by atoms with Crippen molar-refractivity contribution in [2.24, 2.45) is 0 Å². The molecular weight excluding hydrogens is 382 g/mol. The second kappa shape index (κ2) is 9.18. The van der Waals surface area contributed by atoms with Crippen molar-refractivity contribution in [1.82, 2.24) is 4.31 Å². The summed E-state index contributed by atoms with van der Waals surface area (Å²) < 4.78 is 42.4. The second-order valence-electron chi connectivity index (χ2n) is 5.39. The van der Waals surface area contributed by atoms with Crippen LogP contribution in [-0.2, 0) is 24.3 Å². The molecule has 0 atom stereocenters. The van der Waals surface area contributed by atoms with Gasteiger partial charge in [0.15, 0.2) is 0 Å². The van der Waals surface area contributed by atoms with E-state index in [4.69, 9.17) is 25.8 Å². The lowest BCUT2D eigenvalue weighted by atomic mass is 10.2. The predicted octanol–water partition coefficient (Wildman–Crippen LogP) is 2.03. The fraction of sp³-hybridized carbons (Fsp3) is 0.353. The number of hydrogen-bond donors (Lipinski definition) is 0. The summed E-state index contributed by atoms with van der Waals surface area (Å²) in [6, 6.07) is 4.63. The van der Waals surface area contributed by atoms with Crippen molar-refractivity contribution in [1.29, 1.82) is 0 Å². The molecule has 26 heavy (non-hydrogen) atoms. The zero-order valence-electron chi connectivity index (χ0n) is 14.3. The molecule has 0 aliphatic carbocycles. The number of morpholine rings is 1. The van der Waals surface area contributed by atoms with E-state index in [9.17, 15) is 13.2 Å². The van der Waals surface area contributed by atoms with Gasteiger partial charge in [-0.25, -0.2) is 13.2 Å². The van der Waals surface area contributed by atoms with E-state index in [2.05, 4.69) is 6.58 Å². The van der Waals surface area contributed by atoms with Crippen LogP contribution in [0.4, 0.5) is 0 Å². The molecule has 1 fully saturated rings. The molecule has 0 aromatic heterocycles. The summed E-state index contributed by atoms with van der Waals surface area (Å²) in [5.41, 5.74) is 0.513. The van der Waals surface area contributed by atoms with Gasteiger partial charge in [0, 0.05) is 24.2 Å². The highest BCUT2D eigenvalue weighted by molar-refractivity contribution is 7.89. The molecule has 1 aliphatic rings. The molecule has 9 heteroatoms. The van der Waals surface area contributed by atoms with Gasteiger partial charge in [-0.3, -0.25) is 0 Å². The highest BCUT2D eigenvalue weighted by Crippen LogP contribution is 2.28. The van der Waals surface area contributed by atoms with E-state index >= 15 is 0 Å². The average molecular weight is 402 g/mol. The Labute approximate surface area is 157 Å². The van der Waals surface area contributed by atoms with Gasteiger partial charge in [0.05, 0.1) is 20.3 Å². The molecule has 2 rings (SSSR count). The van der Waals surface area contributed by atoms with E-state index in [1.165, 1.54) is 29.6 Å². The molecule has 1 saturated heterocycles. The smallest absolute Gasteiger partial charge is 0.331 e. The fourth-order valence-electron chi connectivity index (χ4n) is 2.29. The van der Waals surface area contributed by atoms with E-state index in [-0.39, 0.29) is 35.4 Å². The van der Waals surface area contributed by atoms with Crippen molar-refractivity contribution < 1.29 is 27.4 Å². The summed E-state index contributed by atoms with van der Waals surface area (Å²) in [4.78, 5) is 11.6. The van der Waals surface area contributed by atoms with Crippen LogP contribution < -0.4 is 4.74 Å². The van der Waals surface area contributed by atoms with Crippen LogP contribution in [0.1, 0.15) is 5.56 Å². The molecule has 1 aliphatic heterocycles. The van der Waals surface area contributed by atoms with Crippen molar-refractivity contribution in [2.75, 3.05) is 40.0 Å². The minimum Gasteiger partial charge on any atom is -0.495 e. The molecule has 0 amide bonds. The molecule has 0 bridgehead atoms.